The summed E-state index contributed by atoms with van der Waals surface area (Å²) in [4.78, 5) is 32.5. The summed E-state index contributed by atoms with van der Waals surface area (Å²) < 4.78 is 4.98. The molecule has 30 heavy (non-hydrogen) atoms. The molecular weight excluding hydrogens is 376 g/mol. The van der Waals surface area contributed by atoms with Gasteiger partial charge in [0.2, 0.25) is 5.43 Å². The lowest BCUT2D eigenvalue weighted by Crippen LogP contribution is -2.18. The van der Waals surface area contributed by atoms with Gasteiger partial charge in [-0.15, -0.1) is 0 Å². The summed E-state index contributed by atoms with van der Waals surface area (Å²) in [6.07, 6.45) is 3.60. The molecule has 2 aromatic heterocycles. The lowest BCUT2D eigenvalue weighted by molar-refractivity contribution is 0.0524. The summed E-state index contributed by atoms with van der Waals surface area (Å²) in [5.74, 6) is -0.620. The van der Waals surface area contributed by atoms with Gasteiger partial charge >= 0.3 is 5.97 Å². The molecule has 0 fully saturated rings. The van der Waals surface area contributed by atoms with Gasteiger partial charge in [0.15, 0.2) is 0 Å². The maximum absolute atomic E-state index is 12.8. The average Bonchev–Trinajstić information content (AvgIpc) is 2.76. The predicted octanol–water partition coefficient (Wildman–Crippen LogP) is 4.67. The SMILES string of the molecule is CCOC(=O)c1c[nH]c2c(Cc3cccc(-c4ccccc4)c3C)nccc2c1=O. The van der Waals surface area contributed by atoms with E-state index >= 15 is 0 Å². The largest absolute Gasteiger partial charge is 0.462 e. The molecule has 0 saturated heterocycles. The number of nitrogens with one attached hydrogen (secondary N) is 1. The van der Waals surface area contributed by atoms with E-state index in [9.17, 15) is 9.59 Å². The lowest BCUT2D eigenvalue weighted by atomic mass is 9.94. The quantitative estimate of drug-likeness (QED) is 0.496. The van der Waals surface area contributed by atoms with Crippen molar-refractivity contribution in [1.29, 1.82) is 0 Å². The number of hydrogen-bond donors (Lipinski definition) is 1. The van der Waals surface area contributed by atoms with Crippen molar-refractivity contribution < 1.29 is 9.53 Å². The van der Waals surface area contributed by atoms with Crippen LogP contribution < -0.4 is 5.43 Å². The first kappa shape index (κ1) is 19.6. The van der Waals surface area contributed by atoms with Gasteiger partial charge < -0.3 is 9.72 Å². The van der Waals surface area contributed by atoms with E-state index in [0.29, 0.717) is 17.3 Å². The highest BCUT2D eigenvalue weighted by Crippen LogP contribution is 2.27. The highest BCUT2D eigenvalue weighted by molar-refractivity contribution is 5.93. The Bertz CT molecular complexity index is 1280. The molecule has 4 aromatic rings. The van der Waals surface area contributed by atoms with Crippen LogP contribution in [0.25, 0.3) is 22.0 Å². The Labute approximate surface area is 174 Å². The smallest absolute Gasteiger partial charge is 0.343 e. The number of ether oxygens (including phenoxy) is 1. The Morgan fingerprint density at radius 1 is 1.07 bits per heavy atom. The number of hydrogen-bond acceptors (Lipinski definition) is 4. The molecule has 0 aliphatic carbocycles. The van der Waals surface area contributed by atoms with Crippen LogP contribution in [0.5, 0.6) is 0 Å². The number of fused-ring (bicyclic) bond motifs is 1. The number of esters is 1. The topological polar surface area (TPSA) is 72.1 Å². The average molecular weight is 398 g/mol. The standard InChI is InChI=1S/C25H22N2O3/c1-3-30-25(29)21-15-27-23-20(24(21)28)12-13-26-22(23)14-18-10-7-11-19(16(18)2)17-8-5-4-6-9-17/h4-13,15H,3,14H2,1-2H3,(H,27,28). The first-order chi connectivity index (χ1) is 14.6. The Kier molecular flexibility index (Phi) is 5.44. The van der Waals surface area contributed by atoms with Crippen molar-refractivity contribution in [3.8, 4) is 11.1 Å². The second kappa shape index (κ2) is 8.33. The third-order valence-electron chi connectivity index (χ3n) is 5.26. The van der Waals surface area contributed by atoms with Crippen molar-refractivity contribution in [3.63, 3.8) is 0 Å². The van der Waals surface area contributed by atoms with E-state index in [-0.39, 0.29) is 17.6 Å². The summed E-state index contributed by atoms with van der Waals surface area (Å²) in [5, 5.41) is 0.433. The number of nitrogens with zero attached hydrogens (tertiary/aromatic N) is 1. The van der Waals surface area contributed by atoms with Gasteiger partial charge in [0, 0.05) is 24.2 Å². The summed E-state index contributed by atoms with van der Waals surface area (Å²) in [7, 11) is 0. The summed E-state index contributed by atoms with van der Waals surface area (Å²) in [6, 6.07) is 18.1. The fraction of sp³-hybridized carbons (Fsp3) is 0.160. The van der Waals surface area contributed by atoms with Crippen LogP contribution in [-0.4, -0.2) is 22.5 Å². The third kappa shape index (κ3) is 3.62. The molecule has 0 atom stereocenters. The molecule has 1 N–H and O–H groups in total. The van der Waals surface area contributed by atoms with Crippen molar-refractivity contribution in [2.24, 2.45) is 0 Å². The van der Waals surface area contributed by atoms with Gasteiger partial charge in [-0.1, -0.05) is 48.5 Å². The van der Waals surface area contributed by atoms with E-state index in [1.807, 2.05) is 24.3 Å². The maximum Gasteiger partial charge on any atom is 0.343 e. The second-order valence-corrected chi connectivity index (χ2v) is 7.06. The van der Waals surface area contributed by atoms with E-state index in [0.717, 1.165) is 16.8 Å². The van der Waals surface area contributed by atoms with Crippen molar-refractivity contribution in [1.82, 2.24) is 9.97 Å². The second-order valence-electron chi connectivity index (χ2n) is 7.06. The van der Waals surface area contributed by atoms with Crippen LogP contribution in [-0.2, 0) is 11.2 Å². The molecule has 0 aliphatic rings. The number of aromatic nitrogens is 2. The van der Waals surface area contributed by atoms with Gasteiger partial charge in [-0.2, -0.15) is 0 Å². The molecule has 0 unspecified atom stereocenters. The normalized spacial score (nSPS) is 10.9. The van der Waals surface area contributed by atoms with Crippen LogP contribution in [0.2, 0.25) is 0 Å². The van der Waals surface area contributed by atoms with E-state index in [1.54, 1.807) is 19.2 Å². The lowest BCUT2D eigenvalue weighted by Gasteiger charge is -2.13. The summed E-state index contributed by atoms with van der Waals surface area (Å²) in [5.41, 5.74) is 5.69. The Balaban J connectivity index is 1.76. The molecule has 150 valence electrons. The summed E-state index contributed by atoms with van der Waals surface area (Å²) >= 11 is 0. The zero-order chi connectivity index (χ0) is 21.1. The van der Waals surface area contributed by atoms with Crippen LogP contribution in [0, 0.1) is 6.92 Å². The van der Waals surface area contributed by atoms with E-state index in [1.165, 1.54) is 17.3 Å². The molecule has 0 bridgehead atoms. The highest BCUT2D eigenvalue weighted by Gasteiger charge is 2.16. The van der Waals surface area contributed by atoms with Gasteiger partial charge in [0.05, 0.1) is 17.8 Å². The maximum atomic E-state index is 12.8. The number of H-pyrrole nitrogens is 1. The number of pyridine rings is 2. The van der Waals surface area contributed by atoms with Gasteiger partial charge in [-0.25, -0.2) is 4.79 Å². The van der Waals surface area contributed by atoms with E-state index < -0.39 is 5.97 Å². The van der Waals surface area contributed by atoms with Crippen molar-refractivity contribution in [2.75, 3.05) is 6.61 Å². The molecular formula is C25H22N2O3. The molecule has 0 aliphatic heterocycles. The van der Waals surface area contributed by atoms with Gasteiger partial charge in [0.1, 0.15) is 5.56 Å². The highest BCUT2D eigenvalue weighted by atomic mass is 16.5. The molecule has 5 heteroatoms. The molecule has 2 heterocycles. The number of aromatic amines is 1. The Morgan fingerprint density at radius 3 is 2.63 bits per heavy atom. The minimum Gasteiger partial charge on any atom is -0.462 e. The first-order valence-electron chi connectivity index (χ1n) is 9.90. The molecule has 4 rings (SSSR count). The molecule has 0 radical (unpaired) electrons. The van der Waals surface area contributed by atoms with Crippen molar-refractivity contribution in [3.05, 3.63) is 99.6 Å². The fourth-order valence-corrected chi connectivity index (χ4v) is 3.69. The zero-order valence-electron chi connectivity index (χ0n) is 16.9. The monoisotopic (exact) mass is 398 g/mol. The third-order valence-corrected chi connectivity index (χ3v) is 5.26. The van der Waals surface area contributed by atoms with Crippen molar-refractivity contribution in [2.45, 2.75) is 20.3 Å². The molecule has 0 spiro atoms. The van der Waals surface area contributed by atoms with Crippen molar-refractivity contribution >= 4 is 16.9 Å². The van der Waals surface area contributed by atoms with Crippen LogP contribution in [0.4, 0.5) is 0 Å². The van der Waals surface area contributed by atoms with Gasteiger partial charge in [0.25, 0.3) is 0 Å². The fourth-order valence-electron chi connectivity index (χ4n) is 3.69. The Morgan fingerprint density at radius 2 is 1.87 bits per heavy atom. The number of rotatable bonds is 5. The van der Waals surface area contributed by atoms with E-state index in [2.05, 4.69) is 41.2 Å². The number of benzene rings is 2. The molecule has 0 saturated carbocycles. The Hall–Kier alpha value is -3.73. The van der Waals surface area contributed by atoms with Crippen LogP contribution in [0.3, 0.4) is 0 Å². The van der Waals surface area contributed by atoms with E-state index in [4.69, 9.17) is 4.74 Å². The zero-order valence-corrected chi connectivity index (χ0v) is 16.9. The van der Waals surface area contributed by atoms with Crippen LogP contribution in [0.1, 0.15) is 34.1 Å². The molecule has 0 amide bonds. The minimum atomic E-state index is -0.620. The molecule has 5 nitrogen and oxygen atoms in total. The number of carbonyl (C=O) groups excluding carboxylic acids is 1. The summed E-state index contributed by atoms with van der Waals surface area (Å²) in [6.45, 7) is 4.03. The van der Waals surface area contributed by atoms with Gasteiger partial charge in [-0.05, 0) is 42.2 Å². The number of carbonyl (C=O) groups is 1. The predicted molar refractivity (Wildman–Crippen MR) is 118 cm³/mol. The minimum absolute atomic E-state index is 0.00348. The van der Waals surface area contributed by atoms with Crippen LogP contribution in [0.15, 0.2) is 71.8 Å². The van der Waals surface area contributed by atoms with Gasteiger partial charge in [-0.3, -0.25) is 9.78 Å². The molecule has 2 aromatic carbocycles. The van der Waals surface area contributed by atoms with Crippen LogP contribution >= 0.6 is 0 Å². The first-order valence-corrected chi connectivity index (χ1v) is 9.90.